The molecule has 1 fully saturated rings. The first kappa shape index (κ1) is 17.3. The molecule has 0 aliphatic heterocycles. The molecule has 0 spiro atoms. The van der Waals surface area contributed by atoms with Crippen LogP contribution in [0.5, 0.6) is 0 Å². The Morgan fingerprint density at radius 1 is 1.35 bits per heavy atom. The van der Waals surface area contributed by atoms with E-state index < -0.39 is 0 Å². The highest BCUT2D eigenvalue weighted by atomic mass is 35.5. The molecular weight excluding hydrogens is 295 g/mol. The lowest BCUT2D eigenvalue weighted by Crippen LogP contribution is -2.44. The van der Waals surface area contributed by atoms with Crippen LogP contribution in [-0.2, 0) is 4.79 Å². The molecule has 112 valence electrons. The summed E-state index contributed by atoms with van der Waals surface area (Å²) in [5.74, 6) is 0.0925. The van der Waals surface area contributed by atoms with E-state index in [1.165, 1.54) is 0 Å². The molecule has 1 aliphatic rings. The van der Waals surface area contributed by atoms with Gasteiger partial charge in [0.1, 0.15) is 0 Å². The second-order valence-electron chi connectivity index (χ2n) is 5.44. The molecule has 5 heteroatoms. The van der Waals surface area contributed by atoms with Crippen LogP contribution < -0.4 is 11.1 Å². The molecule has 0 heterocycles. The Morgan fingerprint density at radius 2 is 1.90 bits per heavy atom. The molecule has 1 atom stereocenters. The molecular formula is C15H22Cl2N2O. The summed E-state index contributed by atoms with van der Waals surface area (Å²) in [7, 11) is 0. The zero-order chi connectivity index (χ0) is 13.9. The fourth-order valence-electron chi connectivity index (χ4n) is 2.76. The first-order valence-electron chi connectivity index (χ1n) is 6.84. The second kappa shape index (κ2) is 7.30. The molecule has 1 aliphatic carbocycles. The number of nitrogens with two attached hydrogens (primary N) is 1. The molecule has 1 saturated carbocycles. The highest BCUT2D eigenvalue weighted by Gasteiger charge is 2.40. The van der Waals surface area contributed by atoms with Crippen LogP contribution in [0.4, 0.5) is 0 Å². The van der Waals surface area contributed by atoms with Crippen molar-refractivity contribution in [3.05, 3.63) is 34.9 Å². The fourth-order valence-corrected chi connectivity index (χ4v) is 2.89. The van der Waals surface area contributed by atoms with Crippen LogP contribution >= 0.6 is 24.0 Å². The molecule has 1 aromatic carbocycles. The van der Waals surface area contributed by atoms with Gasteiger partial charge in [0.25, 0.3) is 0 Å². The maximum Gasteiger partial charge on any atom is 0.227 e. The van der Waals surface area contributed by atoms with E-state index in [9.17, 15) is 4.79 Å². The number of carbonyl (C=O) groups is 1. The molecule has 0 aromatic heterocycles. The van der Waals surface area contributed by atoms with Gasteiger partial charge >= 0.3 is 0 Å². The maximum absolute atomic E-state index is 12.4. The third-order valence-electron chi connectivity index (χ3n) is 4.15. The highest BCUT2D eigenvalue weighted by molar-refractivity contribution is 6.30. The third kappa shape index (κ3) is 3.66. The number of nitrogens with one attached hydrogen (secondary N) is 1. The summed E-state index contributed by atoms with van der Waals surface area (Å²) in [6, 6.07) is 7.55. The predicted octanol–water partition coefficient (Wildman–Crippen LogP) is 3.46. The molecule has 2 rings (SSSR count). The van der Waals surface area contributed by atoms with Crippen LogP contribution in [0.1, 0.15) is 44.2 Å². The van der Waals surface area contributed by atoms with E-state index in [2.05, 4.69) is 5.32 Å². The largest absolute Gasteiger partial charge is 0.349 e. The standard InChI is InChI=1S/C15H21ClN2O.ClH/c1-11(12-4-6-13(16)7-5-12)18-14(19)15(10-17)8-2-3-9-15;/h4-7,11H,2-3,8-10,17H2,1H3,(H,18,19);1H. The minimum atomic E-state index is -0.347. The summed E-state index contributed by atoms with van der Waals surface area (Å²) < 4.78 is 0. The highest BCUT2D eigenvalue weighted by Crippen LogP contribution is 2.37. The number of hydrogen-bond acceptors (Lipinski definition) is 2. The van der Waals surface area contributed by atoms with E-state index in [0.717, 1.165) is 31.2 Å². The van der Waals surface area contributed by atoms with Crippen molar-refractivity contribution in [1.29, 1.82) is 0 Å². The number of carbonyl (C=O) groups excluding carboxylic acids is 1. The molecule has 3 nitrogen and oxygen atoms in total. The average Bonchev–Trinajstić information content (AvgIpc) is 2.89. The number of hydrogen-bond donors (Lipinski definition) is 2. The van der Waals surface area contributed by atoms with Gasteiger partial charge in [0.15, 0.2) is 0 Å². The summed E-state index contributed by atoms with van der Waals surface area (Å²) in [6.07, 6.45) is 4.01. The van der Waals surface area contributed by atoms with E-state index in [4.69, 9.17) is 17.3 Å². The van der Waals surface area contributed by atoms with Gasteiger partial charge in [0.05, 0.1) is 11.5 Å². The molecule has 1 amide bonds. The maximum atomic E-state index is 12.4. The van der Waals surface area contributed by atoms with E-state index in [-0.39, 0.29) is 29.8 Å². The zero-order valence-electron chi connectivity index (χ0n) is 11.7. The van der Waals surface area contributed by atoms with Gasteiger partial charge in [-0.25, -0.2) is 0 Å². The Bertz CT molecular complexity index is 442. The second-order valence-corrected chi connectivity index (χ2v) is 5.87. The van der Waals surface area contributed by atoms with Crippen LogP contribution in [0.25, 0.3) is 0 Å². The van der Waals surface area contributed by atoms with Gasteiger partial charge in [0, 0.05) is 11.6 Å². The van der Waals surface area contributed by atoms with Crippen molar-refractivity contribution in [1.82, 2.24) is 5.32 Å². The van der Waals surface area contributed by atoms with Gasteiger partial charge in [-0.1, -0.05) is 36.6 Å². The number of benzene rings is 1. The van der Waals surface area contributed by atoms with Gasteiger partial charge in [-0.05, 0) is 37.5 Å². The molecule has 20 heavy (non-hydrogen) atoms. The van der Waals surface area contributed by atoms with Crippen molar-refractivity contribution >= 4 is 29.9 Å². The Hall–Kier alpha value is -0.770. The smallest absolute Gasteiger partial charge is 0.227 e. The Kier molecular flexibility index (Phi) is 6.31. The van der Waals surface area contributed by atoms with Crippen molar-refractivity contribution in [2.45, 2.75) is 38.6 Å². The summed E-state index contributed by atoms with van der Waals surface area (Å²) in [5.41, 5.74) is 6.54. The predicted molar refractivity (Wildman–Crippen MR) is 85.2 cm³/mol. The summed E-state index contributed by atoms with van der Waals surface area (Å²) in [4.78, 5) is 12.4. The lowest BCUT2D eigenvalue weighted by atomic mass is 9.85. The molecule has 1 unspecified atom stereocenters. The molecule has 0 radical (unpaired) electrons. The van der Waals surface area contributed by atoms with E-state index in [1.54, 1.807) is 0 Å². The van der Waals surface area contributed by atoms with Crippen LogP contribution in [0.3, 0.4) is 0 Å². The van der Waals surface area contributed by atoms with Crippen molar-refractivity contribution in [3.8, 4) is 0 Å². The Morgan fingerprint density at radius 3 is 2.40 bits per heavy atom. The summed E-state index contributed by atoms with van der Waals surface area (Å²) >= 11 is 5.87. The number of halogens is 2. The molecule has 0 saturated heterocycles. The quantitative estimate of drug-likeness (QED) is 0.893. The van der Waals surface area contributed by atoms with Crippen molar-refractivity contribution < 1.29 is 4.79 Å². The minimum absolute atomic E-state index is 0. The lowest BCUT2D eigenvalue weighted by Gasteiger charge is -2.28. The Balaban J connectivity index is 0.00000200. The molecule has 0 bridgehead atoms. The number of amides is 1. The third-order valence-corrected chi connectivity index (χ3v) is 4.40. The van der Waals surface area contributed by atoms with E-state index in [0.29, 0.717) is 11.6 Å². The van der Waals surface area contributed by atoms with Gasteiger partial charge < -0.3 is 11.1 Å². The van der Waals surface area contributed by atoms with Gasteiger partial charge in [-0.15, -0.1) is 12.4 Å². The normalized spacial score (nSPS) is 18.1. The van der Waals surface area contributed by atoms with Crippen LogP contribution in [0, 0.1) is 5.41 Å². The van der Waals surface area contributed by atoms with Gasteiger partial charge in [-0.2, -0.15) is 0 Å². The van der Waals surface area contributed by atoms with Crippen molar-refractivity contribution in [3.63, 3.8) is 0 Å². The fraction of sp³-hybridized carbons (Fsp3) is 0.533. The van der Waals surface area contributed by atoms with E-state index >= 15 is 0 Å². The first-order valence-corrected chi connectivity index (χ1v) is 7.22. The van der Waals surface area contributed by atoms with Gasteiger partial charge in [-0.3, -0.25) is 4.79 Å². The monoisotopic (exact) mass is 316 g/mol. The Labute approximate surface area is 131 Å². The SMILES string of the molecule is CC(NC(=O)C1(CN)CCCC1)c1ccc(Cl)cc1.Cl. The van der Waals surface area contributed by atoms with Crippen LogP contribution in [0.15, 0.2) is 24.3 Å². The lowest BCUT2D eigenvalue weighted by molar-refractivity contribution is -0.131. The van der Waals surface area contributed by atoms with Crippen molar-refractivity contribution in [2.75, 3.05) is 6.54 Å². The summed E-state index contributed by atoms with van der Waals surface area (Å²) in [6.45, 7) is 2.42. The average molecular weight is 317 g/mol. The van der Waals surface area contributed by atoms with Crippen molar-refractivity contribution in [2.24, 2.45) is 11.1 Å². The van der Waals surface area contributed by atoms with E-state index in [1.807, 2.05) is 31.2 Å². The molecule has 1 aromatic rings. The van der Waals surface area contributed by atoms with Gasteiger partial charge in [0.2, 0.25) is 5.91 Å². The van der Waals surface area contributed by atoms with Crippen LogP contribution in [-0.4, -0.2) is 12.5 Å². The topological polar surface area (TPSA) is 55.1 Å². The zero-order valence-corrected chi connectivity index (χ0v) is 13.3. The number of rotatable bonds is 4. The summed E-state index contributed by atoms with van der Waals surface area (Å²) in [5, 5.41) is 3.79. The minimum Gasteiger partial charge on any atom is -0.349 e. The molecule has 3 N–H and O–H groups in total. The first-order chi connectivity index (χ1) is 9.07. The van der Waals surface area contributed by atoms with Crippen LogP contribution in [0.2, 0.25) is 5.02 Å².